The molecule has 9 heterocycles. The smallest absolute Gasteiger partial charge is 0.488 e. The van der Waals surface area contributed by atoms with Gasteiger partial charge in [0.05, 0.1) is 49.1 Å². The summed E-state index contributed by atoms with van der Waals surface area (Å²) in [6.07, 6.45) is 15.3. The number of nitrogen functional groups attached to an aromatic ring is 3. The molecule has 3 aliphatic heterocycles. The molecular weight excluding hydrogens is 1850 g/mol. The predicted molar refractivity (Wildman–Crippen MR) is 506 cm³/mol. The van der Waals surface area contributed by atoms with Crippen LogP contribution in [-0.2, 0) is 14.2 Å². The van der Waals surface area contributed by atoms with Gasteiger partial charge in [-0.3, -0.25) is 45.0 Å². The number of anilines is 3. The van der Waals surface area contributed by atoms with E-state index in [4.69, 9.17) is 66.6 Å². The van der Waals surface area contributed by atoms with Gasteiger partial charge in [-0.05, 0) is 222 Å². The van der Waals surface area contributed by atoms with Crippen LogP contribution in [0.2, 0.25) is 0 Å². The van der Waals surface area contributed by atoms with Crippen LogP contribution in [0.1, 0.15) is 157 Å². The molecular formula is C90H112BF2IN24O16. The number of benzene rings is 5. The standard InChI is InChI=1S/C32H38N8O5.C26H33FN8O4.C20H30IN7O2.C6H5BFNO4.C6H6O/c1-32(2,3)45-31(41)38-17-15-37(16-18-38)22-10-12-23(13-11-22)39-30-27(29(33)34-20-35-30)28(36-39)21-9-14-26(25(19-21)40(42)43)44-24-7-5-4-6-8-24;1-26(2,3)39-25(36)33-12-10-32(11-13-33)17-5-7-18(8-6-17)34-24-21(23(28)29-15-30-24)22(31-34)16-4-9-19(27)20(14-16)35(37)38;1-20(2,3)30-19(29)27-10-8-26(9-11-27)13-4-6-14(7-5-13)28-18-15(16(21)25-28)17(22)23-12-24-18;8-5-2-1-4(7(10)11)3-6(5)9(12)13;7-6-4-2-1-3-5-6/h4-9,14,19-20,22-23H,10-13,15-18H2,1-3H3,(H2,33,34,35);4,9,14-15,17-18H,5-8,10-13H2,1-3H3,(H2,28,29,30);12-14H,4-11H2,1-3H3,(H2,22,23,24);1-3,10-11H;1-5,7H. The molecule has 712 valence electrons. The maximum atomic E-state index is 14.0. The molecule has 6 fully saturated rings. The zero-order valence-corrected chi connectivity index (χ0v) is 78.3. The van der Waals surface area contributed by atoms with E-state index in [1.54, 1.807) is 70.5 Å². The Morgan fingerprint density at radius 1 is 0.425 bits per heavy atom. The monoisotopic (exact) mass is 1960 g/mol. The summed E-state index contributed by atoms with van der Waals surface area (Å²) in [4.78, 5) is 107. The van der Waals surface area contributed by atoms with Crippen molar-refractivity contribution in [1.29, 1.82) is 0 Å². The van der Waals surface area contributed by atoms with Gasteiger partial charge in [0.25, 0.3) is 0 Å². The highest BCUT2D eigenvalue weighted by Crippen LogP contribution is 2.44. The van der Waals surface area contributed by atoms with Crippen LogP contribution in [0.3, 0.4) is 0 Å². The van der Waals surface area contributed by atoms with E-state index in [2.05, 4.69) is 67.2 Å². The van der Waals surface area contributed by atoms with Gasteiger partial charge in [-0.15, -0.1) is 0 Å². The van der Waals surface area contributed by atoms with Crippen LogP contribution in [0, 0.1) is 45.7 Å². The Balaban J connectivity index is 0.000000156. The SMILES string of the molecule is CC(C)(C)OC(=O)N1CCN(C2CCC(n3nc(-c4ccc(F)c([N+](=O)[O-])c4)c4c(N)ncnc43)CC2)CC1.CC(C)(C)OC(=O)N1CCN(C2CCC(n3nc(-c4ccc(Oc5ccccc5)c([N+](=O)[O-])c4)c4c(N)ncnc43)CC2)CC1.CC(C)(C)OC(=O)N1CCN(C2CCC(n3nc(I)c4c(N)ncnc43)CC2)CC1.O=[N+]([O-])c1cc(B(O)O)ccc1F.Oc1ccccc1. The number of rotatable bonds is 14. The van der Waals surface area contributed by atoms with Crippen molar-refractivity contribution in [2.75, 3.05) is 95.7 Å². The number of phenols is 1. The first-order valence-corrected chi connectivity index (χ1v) is 45.6. The van der Waals surface area contributed by atoms with Gasteiger partial charge in [-0.1, -0.05) is 42.5 Å². The topological polar surface area (TPSA) is 507 Å². The molecule has 44 heteroatoms. The number of para-hydroxylation sites is 2. The number of piperazine rings is 3. The predicted octanol–water partition coefficient (Wildman–Crippen LogP) is 13.8. The van der Waals surface area contributed by atoms with E-state index in [1.807, 2.05) is 93.4 Å². The number of nitro benzene ring substituents is 3. The molecule has 0 radical (unpaired) electrons. The first-order chi connectivity index (χ1) is 63.7. The van der Waals surface area contributed by atoms with Crippen LogP contribution in [0.5, 0.6) is 17.2 Å². The van der Waals surface area contributed by atoms with Crippen LogP contribution in [-0.4, -0.2) is 257 Å². The molecule has 0 bridgehead atoms. The molecule has 3 amide bonds. The number of hydrogen-bond acceptors (Lipinski definition) is 31. The van der Waals surface area contributed by atoms with Crippen LogP contribution in [0.15, 0.2) is 134 Å². The number of phenolic OH excluding ortho intramolecular Hbond substituents is 1. The van der Waals surface area contributed by atoms with Crippen molar-refractivity contribution in [2.45, 2.75) is 192 Å². The molecule has 6 aromatic heterocycles. The minimum absolute atomic E-state index is 0.0605. The number of ether oxygens (including phenoxy) is 4. The number of amides is 3. The summed E-state index contributed by atoms with van der Waals surface area (Å²) in [7, 11) is -1.83. The lowest BCUT2D eigenvalue weighted by Gasteiger charge is -2.42. The van der Waals surface area contributed by atoms with Gasteiger partial charge in [0.1, 0.15) is 79.8 Å². The number of fused-ring (bicyclic) bond motifs is 3. The number of halogens is 3. The summed E-state index contributed by atoms with van der Waals surface area (Å²) in [6.45, 7) is 26.1. The molecule has 0 atom stereocenters. The Bertz CT molecular complexity index is 5960. The van der Waals surface area contributed by atoms with E-state index in [9.17, 15) is 53.5 Å². The zero-order chi connectivity index (χ0) is 96.2. The van der Waals surface area contributed by atoms with Crippen molar-refractivity contribution >= 4 is 121 Å². The molecule has 3 aliphatic carbocycles. The zero-order valence-electron chi connectivity index (χ0n) is 76.1. The van der Waals surface area contributed by atoms with Crippen molar-refractivity contribution in [1.82, 2.24) is 88.6 Å². The highest BCUT2D eigenvalue weighted by Gasteiger charge is 2.39. The van der Waals surface area contributed by atoms with Crippen LogP contribution < -0.4 is 27.4 Å². The van der Waals surface area contributed by atoms with Crippen molar-refractivity contribution < 1.29 is 72.0 Å². The fraction of sp³-hybridized carbons (Fsp3) is 0.467. The van der Waals surface area contributed by atoms with Crippen molar-refractivity contribution in [3.05, 3.63) is 180 Å². The number of aromatic hydroxyl groups is 1. The fourth-order valence-electron chi connectivity index (χ4n) is 17.5. The number of nitrogens with zero attached hydrogens (tertiary/aromatic N) is 21. The molecule has 9 N–H and O–H groups in total. The highest BCUT2D eigenvalue weighted by atomic mass is 127. The summed E-state index contributed by atoms with van der Waals surface area (Å²) in [5, 5.41) is 75.9. The third kappa shape index (κ3) is 24.8. The lowest BCUT2D eigenvalue weighted by Crippen LogP contribution is -2.53. The van der Waals surface area contributed by atoms with E-state index in [0.29, 0.717) is 112 Å². The Labute approximate surface area is 785 Å². The number of nitro groups is 3. The summed E-state index contributed by atoms with van der Waals surface area (Å²) in [5.74, 6) is 0.00953. The van der Waals surface area contributed by atoms with E-state index in [0.717, 1.165) is 168 Å². The van der Waals surface area contributed by atoms with Gasteiger partial charge < -0.3 is 66.0 Å². The third-order valence-electron chi connectivity index (χ3n) is 24.0. The molecule has 134 heavy (non-hydrogen) atoms. The van der Waals surface area contributed by atoms with Crippen molar-refractivity contribution in [3.63, 3.8) is 0 Å². The minimum atomic E-state index is -1.83. The molecule has 0 unspecified atom stereocenters. The van der Waals surface area contributed by atoms with Crippen LogP contribution in [0.4, 0.5) is 57.7 Å². The fourth-order valence-corrected chi connectivity index (χ4v) is 18.2. The van der Waals surface area contributed by atoms with Gasteiger partial charge in [-0.2, -0.15) is 24.1 Å². The molecule has 0 spiro atoms. The van der Waals surface area contributed by atoms with Crippen molar-refractivity contribution in [3.8, 4) is 39.8 Å². The van der Waals surface area contributed by atoms with Gasteiger partial charge >= 0.3 is 42.5 Å². The number of hydrogen-bond donors (Lipinski definition) is 6. The largest absolute Gasteiger partial charge is 0.508 e. The molecule has 3 saturated carbocycles. The Morgan fingerprint density at radius 2 is 0.746 bits per heavy atom. The lowest BCUT2D eigenvalue weighted by molar-refractivity contribution is -0.387. The second kappa shape index (κ2) is 43.1. The van der Waals surface area contributed by atoms with E-state index in [-0.39, 0.29) is 58.9 Å². The highest BCUT2D eigenvalue weighted by molar-refractivity contribution is 14.1. The Hall–Kier alpha value is -12.8. The molecule has 3 saturated heterocycles. The number of nitrogens with two attached hydrogens (primary N) is 3. The number of carbonyl (C=O) groups is 3. The minimum Gasteiger partial charge on any atom is -0.508 e. The van der Waals surface area contributed by atoms with Gasteiger partial charge in [-0.25, -0.2) is 58.3 Å². The maximum Gasteiger partial charge on any atom is 0.488 e. The first-order valence-electron chi connectivity index (χ1n) is 44.5. The van der Waals surface area contributed by atoms with E-state index in [1.165, 1.54) is 37.2 Å². The Kier molecular flexibility index (Phi) is 31.7. The summed E-state index contributed by atoms with van der Waals surface area (Å²) < 4.78 is 55.7. The Morgan fingerprint density at radius 3 is 1.10 bits per heavy atom. The molecule has 11 aromatic rings. The number of aromatic nitrogens is 12. The third-order valence-corrected chi connectivity index (χ3v) is 24.8. The molecule has 40 nitrogen and oxygen atoms in total. The molecule has 6 aliphatic rings. The number of carbonyl (C=O) groups excluding carboxylic acids is 3. The first kappa shape index (κ1) is 98.7. The lowest BCUT2D eigenvalue weighted by atomic mass is 9.80. The second-order valence-electron chi connectivity index (χ2n) is 36.5. The van der Waals surface area contributed by atoms with Crippen molar-refractivity contribution in [2.24, 2.45) is 0 Å². The van der Waals surface area contributed by atoms with Crippen LogP contribution >= 0.6 is 22.6 Å². The summed E-state index contributed by atoms with van der Waals surface area (Å²) >= 11 is 2.21. The average Bonchev–Trinajstić information content (AvgIpc) is 1.61. The summed E-state index contributed by atoms with van der Waals surface area (Å²) in [6, 6.07) is 30.6. The second-order valence-corrected chi connectivity index (χ2v) is 37.6. The van der Waals surface area contributed by atoms with Gasteiger partial charge in [0.15, 0.2) is 22.8 Å². The van der Waals surface area contributed by atoms with Gasteiger partial charge in [0, 0.05) is 126 Å². The average molecular weight is 1960 g/mol. The normalized spacial score (nSPS) is 19.3. The van der Waals surface area contributed by atoms with E-state index >= 15 is 0 Å². The molecule has 17 rings (SSSR count). The van der Waals surface area contributed by atoms with Crippen LogP contribution in [0.25, 0.3) is 55.6 Å². The molecule has 5 aromatic carbocycles. The maximum absolute atomic E-state index is 14.0. The van der Waals surface area contributed by atoms with E-state index < -0.39 is 61.7 Å². The van der Waals surface area contributed by atoms with Gasteiger partial charge in [0.2, 0.25) is 11.6 Å². The summed E-state index contributed by atoms with van der Waals surface area (Å²) in [5.41, 5.74) is 19.2. The quantitative estimate of drug-likeness (QED) is 0.0194.